The summed E-state index contributed by atoms with van der Waals surface area (Å²) in [5, 5.41) is 3.17. The molecule has 0 saturated carbocycles. The highest BCUT2D eigenvalue weighted by atomic mass is 35.5. The standard InChI is InChI=1S/C19H21NO3.ClH/c1-19(14-20-11-12-22-19)23-18(21)17-9-7-16(8-10-17)13-15-5-3-2-4-6-15;/h2-10,20H,11-14H2,1H3;1H/t19-;/m0./s1. The summed E-state index contributed by atoms with van der Waals surface area (Å²) in [7, 11) is 0. The van der Waals surface area contributed by atoms with E-state index in [1.807, 2.05) is 30.3 Å². The molecule has 1 fully saturated rings. The number of carbonyl (C=O) groups excluding carboxylic acids is 1. The molecule has 0 aliphatic carbocycles. The van der Waals surface area contributed by atoms with Gasteiger partial charge in [0.15, 0.2) is 0 Å². The molecule has 0 radical (unpaired) electrons. The van der Waals surface area contributed by atoms with Gasteiger partial charge >= 0.3 is 5.97 Å². The zero-order valence-corrected chi connectivity index (χ0v) is 14.5. The van der Waals surface area contributed by atoms with Crippen molar-refractivity contribution in [2.45, 2.75) is 19.1 Å². The van der Waals surface area contributed by atoms with E-state index in [1.54, 1.807) is 19.1 Å². The lowest BCUT2D eigenvalue weighted by Crippen LogP contribution is -2.50. The minimum atomic E-state index is -0.891. The van der Waals surface area contributed by atoms with Crippen LogP contribution in [0.3, 0.4) is 0 Å². The Morgan fingerprint density at radius 3 is 2.42 bits per heavy atom. The van der Waals surface area contributed by atoms with Crippen LogP contribution < -0.4 is 5.32 Å². The Balaban J connectivity index is 0.00000208. The summed E-state index contributed by atoms with van der Waals surface area (Å²) in [6, 6.07) is 17.8. The molecule has 4 nitrogen and oxygen atoms in total. The first-order valence-corrected chi connectivity index (χ1v) is 7.85. The van der Waals surface area contributed by atoms with Crippen molar-refractivity contribution in [1.29, 1.82) is 0 Å². The zero-order valence-electron chi connectivity index (χ0n) is 13.7. The number of rotatable bonds is 4. The molecule has 3 rings (SSSR count). The Kier molecular flexibility index (Phi) is 6.37. The van der Waals surface area contributed by atoms with Crippen molar-refractivity contribution in [2.24, 2.45) is 0 Å². The Morgan fingerprint density at radius 2 is 1.79 bits per heavy atom. The topological polar surface area (TPSA) is 47.6 Å². The van der Waals surface area contributed by atoms with E-state index in [0.29, 0.717) is 18.7 Å². The second-order valence-corrected chi connectivity index (χ2v) is 5.91. The maximum Gasteiger partial charge on any atom is 0.340 e. The smallest absolute Gasteiger partial charge is 0.340 e. The van der Waals surface area contributed by atoms with Gasteiger partial charge in [-0.15, -0.1) is 12.4 Å². The minimum absolute atomic E-state index is 0. The lowest BCUT2D eigenvalue weighted by atomic mass is 10.0. The van der Waals surface area contributed by atoms with Crippen LogP contribution in [0, 0.1) is 0 Å². The summed E-state index contributed by atoms with van der Waals surface area (Å²) in [5.41, 5.74) is 2.95. The molecule has 0 aromatic heterocycles. The summed E-state index contributed by atoms with van der Waals surface area (Å²) in [6.07, 6.45) is 0.848. The Hall–Kier alpha value is -1.88. The fraction of sp³-hybridized carbons (Fsp3) is 0.316. The lowest BCUT2D eigenvalue weighted by Gasteiger charge is -2.33. The van der Waals surface area contributed by atoms with E-state index in [4.69, 9.17) is 9.47 Å². The summed E-state index contributed by atoms with van der Waals surface area (Å²) >= 11 is 0. The van der Waals surface area contributed by atoms with Crippen LogP contribution in [0.15, 0.2) is 54.6 Å². The fourth-order valence-electron chi connectivity index (χ4n) is 2.62. The van der Waals surface area contributed by atoms with Crippen LogP contribution in [-0.2, 0) is 15.9 Å². The molecule has 24 heavy (non-hydrogen) atoms. The molecule has 2 aromatic rings. The van der Waals surface area contributed by atoms with Crippen molar-refractivity contribution in [1.82, 2.24) is 5.32 Å². The Bertz CT molecular complexity index is 652. The van der Waals surface area contributed by atoms with E-state index < -0.39 is 5.79 Å². The van der Waals surface area contributed by atoms with Gasteiger partial charge in [0.25, 0.3) is 0 Å². The molecule has 0 amide bonds. The van der Waals surface area contributed by atoms with Crippen LogP contribution in [0.25, 0.3) is 0 Å². The third-order valence-corrected chi connectivity index (χ3v) is 3.88. The van der Waals surface area contributed by atoms with Gasteiger partial charge in [-0.25, -0.2) is 4.79 Å². The number of benzene rings is 2. The fourth-order valence-corrected chi connectivity index (χ4v) is 2.62. The third-order valence-electron chi connectivity index (χ3n) is 3.88. The van der Waals surface area contributed by atoms with Gasteiger partial charge < -0.3 is 14.8 Å². The van der Waals surface area contributed by atoms with Gasteiger partial charge in [-0.3, -0.25) is 0 Å². The van der Waals surface area contributed by atoms with Gasteiger partial charge in [0, 0.05) is 13.5 Å². The van der Waals surface area contributed by atoms with Crippen molar-refractivity contribution in [3.05, 3.63) is 71.3 Å². The molecule has 1 N–H and O–H groups in total. The van der Waals surface area contributed by atoms with Gasteiger partial charge in [-0.2, -0.15) is 0 Å². The number of halogens is 1. The molecule has 1 aliphatic heterocycles. The average Bonchev–Trinajstić information content (AvgIpc) is 2.57. The average molecular weight is 348 g/mol. The molecule has 2 aromatic carbocycles. The maximum absolute atomic E-state index is 12.3. The normalized spacial score (nSPS) is 20.0. The monoisotopic (exact) mass is 347 g/mol. The van der Waals surface area contributed by atoms with E-state index in [2.05, 4.69) is 17.4 Å². The van der Waals surface area contributed by atoms with E-state index in [9.17, 15) is 4.79 Å². The van der Waals surface area contributed by atoms with Crippen molar-refractivity contribution in [2.75, 3.05) is 19.7 Å². The molecular formula is C19H22ClNO3. The second-order valence-electron chi connectivity index (χ2n) is 5.91. The van der Waals surface area contributed by atoms with Gasteiger partial charge in [-0.05, 0) is 29.7 Å². The second kappa shape index (κ2) is 8.29. The van der Waals surface area contributed by atoms with Crippen molar-refractivity contribution in [3.63, 3.8) is 0 Å². The lowest BCUT2D eigenvalue weighted by molar-refractivity contribution is -0.201. The predicted molar refractivity (Wildman–Crippen MR) is 95.6 cm³/mol. The van der Waals surface area contributed by atoms with Gasteiger partial charge in [0.05, 0.1) is 18.7 Å². The molecule has 0 spiro atoms. The van der Waals surface area contributed by atoms with Crippen LogP contribution >= 0.6 is 12.4 Å². The number of hydrogen-bond acceptors (Lipinski definition) is 4. The Labute approximate surface area is 148 Å². The van der Waals surface area contributed by atoms with Gasteiger partial charge in [0.2, 0.25) is 5.79 Å². The zero-order chi connectivity index (χ0) is 16.1. The SMILES string of the molecule is C[C@]1(OC(=O)c2ccc(Cc3ccccc3)cc2)CNCCO1.Cl. The summed E-state index contributed by atoms with van der Waals surface area (Å²) in [5.74, 6) is -1.25. The summed E-state index contributed by atoms with van der Waals surface area (Å²) < 4.78 is 11.1. The van der Waals surface area contributed by atoms with E-state index in [1.165, 1.54) is 5.56 Å². The molecule has 5 heteroatoms. The number of morpholine rings is 1. The predicted octanol–water partition coefficient (Wildman–Crippen LogP) is 3.19. The Morgan fingerprint density at radius 1 is 1.12 bits per heavy atom. The van der Waals surface area contributed by atoms with Crippen LogP contribution in [-0.4, -0.2) is 31.5 Å². The number of nitrogens with one attached hydrogen (secondary N) is 1. The molecule has 0 bridgehead atoms. The molecular weight excluding hydrogens is 326 g/mol. The first-order chi connectivity index (χ1) is 11.1. The van der Waals surface area contributed by atoms with Crippen LogP contribution in [0.2, 0.25) is 0 Å². The number of esters is 1. The highest BCUT2D eigenvalue weighted by Crippen LogP contribution is 2.18. The number of ether oxygens (including phenoxy) is 2. The first kappa shape index (κ1) is 18.5. The van der Waals surface area contributed by atoms with E-state index >= 15 is 0 Å². The molecule has 1 atom stereocenters. The maximum atomic E-state index is 12.3. The highest BCUT2D eigenvalue weighted by molar-refractivity contribution is 5.89. The van der Waals surface area contributed by atoms with E-state index in [-0.39, 0.29) is 18.4 Å². The number of carbonyl (C=O) groups is 1. The molecule has 1 aliphatic rings. The van der Waals surface area contributed by atoms with Crippen LogP contribution in [0.1, 0.15) is 28.4 Å². The molecule has 1 saturated heterocycles. The first-order valence-electron chi connectivity index (χ1n) is 7.85. The van der Waals surface area contributed by atoms with Crippen LogP contribution in [0.4, 0.5) is 0 Å². The summed E-state index contributed by atoms with van der Waals surface area (Å²) in [4.78, 5) is 12.3. The largest absolute Gasteiger partial charge is 0.428 e. The van der Waals surface area contributed by atoms with Gasteiger partial charge in [0.1, 0.15) is 0 Å². The van der Waals surface area contributed by atoms with Crippen LogP contribution in [0.5, 0.6) is 0 Å². The van der Waals surface area contributed by atoms with E-state index in [0.717, 1.165) is 18.5 Å². The van der Waals surface area contributed by atoms with Crippen molar-refractivity contribution in [3.8, 4) is 0 Å². The number of hydrogen-bond donors (Lipinski definition) is 1. The van der Waals surface area contributed by atoms with Crippen molar-refractivity contribution >= 4 is 18.4 Å². The minimum Gasteiger partial charge on any atom is -0.428 e. The van der Waals surface area contributed by atoms with Crippen molar-refractivity contribution < 1.29 is 14.3 Å². The molecule has 1 heterocycles. The molecule has 128 valence electrons. The third kappa shape index (κ3) is 4.81. The van der Waals surface area contributed by atoms with Gasteiger partial charge in [-0.1, -0.05) is 42.5 Å². The highest BCUT2D eigenvalue weighted by Gasteiger charge is 2.32. The molecule has 0 unspecified atom stereocenters. The summed E-state index contributed by atoms with van der Waals surface area (Å²) in [6.45, 7) is 3.60. The quantitative estimate of drug-likeness (QED) is 0.863.